The molecule has 5 nitrogen and oxygen atoms in total. The van der Waals surface area contributed by atoms with Gasteiger partial charge in [-0.3, -0.25) is 0 Å². The zero-order chi connectivity index (χ0) is 20.4. The fourth-order valence-corrected chi connectivity index (χ4v) is 8.21. The summed E-state index contributed by atoms with van der Waals surface area (Å²) < 4.78 is 0. The Bertz CT molecular complexity index is 649. The molecular formula is C23H38O5. The third-order valence-corrected chi connectivity index (χ3v) is 10.0. The van der Waals surface area contributed by atoms with Gasteiger partial charge in [-0.25, -0.2) is 0 Å². The van der Waals surface area contributed by atoms with E-state index in [0.717, 1.165) is 44.9 Å². The Hall–Kier alpha value is -0.460. The van der Waals surface area contributed by atoms with Gasteiger partial charge in [0.15, 0.2) is 0 Å². The van der Waals surface area contributed by atoms with Crippen molar-refractivity contribution in [1.82, 2.24) is 0 Å². The van der Waals surface area contributed by atoms with Crippen LogP contribution in [-0.4, -0.2) is 56.1 Å². The molecule has 4 saturated carbocycles. The highest BCUT2D eigenvalue weighted by molar-refractivity contribution is 5.32. The fourth-order valence-electron chi connectivity index (χ4n) is 8.21. The molecule has 28 heavy (non-hydrogen) atoms. The molecule has 5 N–H and O–H groups in total. The molecule has 0 bridgehead atoms. The van der Waals surface area contributed by atoms with Crippen LogP contribution in [-0.2, 0) is 0 Å². The van der Waals surface area contributed by atoms with Crippen molar-refractivity contribution in [2.24, 2.45) is 28.6 Å². The van der Waals surface area contributed by atoms with Crippen LogP contribution in [0.4, 0.5) is 0 Å². The minimum atomic E-state index is -1.27. The Morgan fingerprint density at radius 1 is 0.929 bits per heavy atom. The van der Waals surface area contributed by atoms with E-state index in [1.54, 1.807) is 0 Å². The summed E-state index contributed by atoms with van der Waals surface area (Å²) in [6, 6.07) is 0. The summed E-state index contributed by atoms with van der Waals surface area (Å²) >= 11 is 0. The first kappa shape index (κ1) is 20.8. The lowest BCUT2D eigenvalue weighted by molar-refractivity contribution is -0.229. The van der Waals surface area contributed by atoms with E-state index in [9.17, 15) is 25.5 Å². The van der Waals surface area contributed by atoms with Gasteiger partial charge in [-0.05, 0) is 86.5 Å². The second-order valence-corrected chi connectivity index (χ2v) is 10.6. The highest BCUT2D eigenvalue weighted by Crippen LogP contribution is 2.70. The Morgan fingerprint density at radius 3 is 2.36 bits per heavy atom. The highest BCUT2D eigenvalue weighted by Gasteiger charge is 2.72. The van der Waals surface area contributed by atoms with Crippen LogP contribution < -0.4 is 0 Å². The molecule has 160 valence electrons. The van der Waals surface area contributed by atoms with Crippen LogP contribution in [0.15, 0.2) is 11.6 Å². The molecule has 0 saturated heterocycles. The van der Waals surface area contributed by atoms with Crippen LogP contribution in [0.1, 0.15) is 71.6 Å². The van der Waals surface area contributed by atoms with Gasteiger partial charge in [0.2, 0.25) is 0 Å². The quantitative estimate of drug-likeness (QED) is 0.472. The molecule has 4 aliphatic carbocycles. The van der Waals surface area contributed by atoms with Gasteiger partial charge in [-0.2, -0.15) is 0 Å². The molecule has 0 spiro atoms. The molecule has 0 aromatic carbocycles. The van der Waals surface area contributed by atoms with E-state index in [1.165, 1.54) is 6.08 Å². The maximum absolute atomic E-state index is 12.1. The van der Waals surface area contributed by atoms with Crippen molar-refractivity contribution in [2.75, 3.05) is 13.2 Å². The second kappa shape index (κ2) is 6.78. The van der Waals surface area contributed by atoms with Gasteiger partial charge in [-0.15, -0.1) is 0 Å². The van der Waals surface area contributed by atoms with E-state index in [-0.39, 0.29) is 30.7 Å². The number of rotatable bonds is 3. The second-order valence-electron chi connectivity index (χ2n) is 10.6. The third-order valence-electron chi connectivity index (χ3n) is 10.0. The van der Waals surface area contributed by atoms with Crippen molar-refractivity contribution in [3.63, 3.8) is 0 Å². The highest BCUT2D eigenvalue weighted by atomic mass is 16.3. The first-order valence-electron chi connectivity index (χ1n) is 11.2. The first-order chi connectivity index (χ1) is 13.2. The molecule has 4 rings (SSSR count). The van der Waals surface area contributed by atoms with Gasteiger partial charge in [0, 0.05) is 5.41 Å². The summed E-state index contributed by atoms with van der Waals surface area (Å²) in [7, 11) is 0. The van der Waals surface area contributed by atoms with Gasteiger partial charge >= 0.3 is 0 Å². The Morgan fingerprint density at radius 2 is 1.68 bits per heavy atom. The molecule has 4 aliphatic rings. The lowest BCUT2D eigenvalue weighted by Gasteiger charge is -2.64. The maximum Gasteiger partial charge on any atom is 0.0961 e. The fraction of sp³-hybridized carbons (Fsp3) is 0.913. The number of fused-ring (bicyclic) bond motifs is 5. The van der Waals surface area contributed by atoms with Crippen molar-refractivity contribution in [3.05, 3.63) is 11.6 Å². The molecule has 0 amide bonds. The lowest BCUT2D eigenvalue weighted by Crippen LogP contribution is -2.65. The van der Waals surface area contributed by atoms with Gasteiger partial charge in [0.1, 0.15) is 0 Å². The average Bonchev–Trinajstić information content (AvgIpc) is 2.88. The van der Waals surface area contributed by atoms with Crippen molar-refractivity contribution in [1.29, 1.82) is 0 Å². The number of aliphatic hydroxyl groups excluding tert-OH is 3. The minimum Gasteiger partial charge on any atom is -0.393 e. The molecule has 0 aliphatic heterocycles. The Kier molecular flexibility index (Phi) is 5.03. The van der Waals surface area contributed by atoms with Crippen LogP contribution in [0.25, 0.3) is 0 Å². The van der Waals surface area contributed by atoms with E-state index in [1.807, 2.05) is 6.92 Å². The van der Waals surface area contributed by atoms with Crippen LogP contribution >= 0.6 is 0 Å². The predicted molar refractivity (Wildman–Crippen MR) is 106 cm³/mol. The topological polar surface area (TPSA) is 101 Å². The van der Waals surface area contributed by atoms with E-state index in [4.69, 9.17) is 0 Å². The summed E-state index contributed by atoms with van der Waals surface area (Å²) in [5.41, 5.74) is -2.35. The summed E-state index contributed by atoms with van der Waals surface area (Å²) in [5.74, 6) is 1.08. The van der Waals surface area contributed by atoms with Crippen LogP contribution in [0.5, 0.6) is 0 Å². The predicted octanol–water partition coefficient (Wildman–Crippen LogP) is 2.15. The standard InChI is InChI=1S/C23H38O5/c1-20-8-5-17(26)13-15(20)3-4-19-18(20)6-9-21(2)22(27,10-11-23(19,21)28)16(14-25)7-12-24/h7,15,17-19,24-28H,3-6,8-14H2,1-2H3/b16-7+/t15-,17+,18+,19-,20+,21-,22+,23+/m1/s1. The Labute approximate surface area is 168 Å². The number of aliphatic hydroxyl groups is 5. The zero-order valence-electron chi connectivity index (χ0n) is 17.4. The molecule has 0 radical (unpaired) electrons. The summed E-state index contributed by atoms with van der Waals surface area (Å²) in [6.07, 6.45) is 8.70. The van der Waals surface area contributed by atoms with E-state index in [2.05, 4.69) is 6.92 Å². The monoisotopic (exact) mass is 394 g/mol. The summed E-state index contributed by atoms with van der Waals surface area (Å²) in [5, 5.41) is 53.2. The van der Waals surface area contributed by atoms with Crippen molar-refractivity contribution >= 4 is 0 Å². The first-order valence-corrected chi connectivity index (χ1v) is 11.2. The maximum atomic E-state index is 12.1. The van der Waals surface area contributed by atoms with Crippen LogP contribution in [0, 0.1) is 28.6 Å². The smallest absolute Gasteiger partial charge is 0.0961 e. The lowest BCUT2D eigenvalue weighted by atomic mass is 9.42. The SMILES string of the molecule is C[C@]12CC[C@H](O)C[C@H]1CC[C@@H]1[C@@H]2CC[C@]2(C)[C@@](O)(/C(=C/CO)CO)CC[C@]12O. The summed E-state index contributed by atoms with van der Waals surface area (Å²) in [4.78, 5) is 0. The van der Waals surface area contributed by atoms with E-state index in [0.29, 0.717) is 30.3 Å². The number of hydrogen-bond acceptors (Lipinski definition) is 5. The molecule has 0 aromatic heterocycles. The molecule has 5 heteroatoms. The molecule has 0 heterocycles. The normalized spacial score (nSPS) is 54.0. The Balaban J connectivity index is 1.70. The van der Waals surface area contributed by atoms with Crippen molar-refractivity contribution in [3.8, 4) is 0 Å². The molecule has 0 unspecified atom stereocenters. The molecule has 0 aromatic rings. The summed E-state index contributed by atoms with van der Waals surface area (Å²) in [6.45, 7) is 3.85. The van der Waals surface area contributed by atoms with Gasteiger partial charge in [-0.1, -0.05) is 19.9 Å². The third kappa shape index (κ3) is 2.49. The number of hydrogen-bond donors (Lipinski definition) is 5. The minimum absolute atomic E-state index is 0.144. The van der Waals surface area contributed by atoms with Crippen molar-refractivity contribution < 1.29 is 25.5 Å². The van der Waals surface area contributed by atoms with E-state index < -0.39 is 16.6 Å². The van der Waals surface area contributed by atoms with Crippen molar-refractivity contribution in [2.45, 2.75) is 88.9 Å². The average molecular weight is 395 g/mol. The molecule has 8 atom stereocenters. The largest absolute Gasteiger partial charge is 0.393 e. The van der Waals surface area contributed by atoms with Crippen LogP contribution in [0.2, 0.25) is 0 Å². The molecule has 4 fully saturated rings. The van der Waals surface area contributed by atoms with E-state index >= 15 is 0 Å². The van der Waals surface area contributed by atoms with Crippen LogP contribution in [0.3, 0.4) is 0 Å². The van der Waals surface area contributed by atoms with Gasteiger partial charge in [0.05, 0.1) is 30.5 Å². The van der Waals surface area contributed by atoms with Gasteiger partial charge in [0.25, 0.3) is 0 Å². The molecular weight excluding hydrogens is 356 g/mol. The van der Waals surface area contributed by atoms with Gasteiger partial charge < -0.3 is 25.5 Å². The zero-order valence-corrected chi connectivity index (χ0v) is 17.4.